The Morgan fingerprint density at radius 2 is 1.66 bits per heavy atom. The van der Waals surface area contributed by atoms with Crippen LogP contribution < -0.4 is 21.3 Å². The predicted octanol–water partition coefficient (Wildman–Crippen LogP) is 2.51. The van der Waals surface area contributed by atoms with E-state index in [9.17, 15) is 24.0 Å². The second-order valence-electron chi connectivity index (χ2n) is 12.9. The minimum absolute atomic E-state index is 0.000953. The van der Waals surface area contributed by atoms with Crippen molar-refractivity contribution in [2.45, 2.75) is 70.2 Å². The van der Waals surface area contributed by atoms with Crippen LogP contribution in [0.4, 0.5) is 0 Å². The monoisotopic (exact) mass is 682 g/mol. The van der Waals surface area contributed by atoms with E-state index in [-0.39, 0.29) is 48.5 Å². The lowest BCUT2D eigenvalue weighted by Gasteiger charge is -2.25. The minimum atomic E-state index is -1.04. The zero-order chi connectivity index (χ0) is 35.4. The molecular weight excluding hydrogens is 644 g/mol. The van der Waals surface area contributed by atoms with Gasteiger partial charge in [0.25, 0.3) is 17.7 Å². The molecule has 2 aliphatic heterocycles. The molecule has 50 heavy (non-hydrogen) atoms. The lowest BCUT2D eigenvalue weighted by Crippen LogP contribution is -2.48. The summed E-state index contributed by atoms with van der Waals surface area (Å²) < 4.78 is 11.4. The molecule has 4 N–H and O–H groups in total. The van der Waals surface area contributed by atoms with E-state index in [0.717, 1.165) is 5.56 Å². The van der Waals surface area contributed by atoms with Crippen LogP contribution in [0.2, 0.25) is 0 Å². The number of rotatable bonds is 6. The van der Waals surface area contributed by atoms with Gasteiger partial charge in [0.1, 0.15) is 36.7 Å². The zero-order valence-corrected chi connectivity index (χ0v) is 27.8. The minimum Gasteiger partial charge on any atom is -0.446 e. The number of carbonyl (C=O) groups excluding carboxylic acids is 5. The van der Waals surface area contributed by atoms with Crippen LogP contribution >= 0.6 is 0 Å². The summed E-state index contributed by atoms with van der Waals surface area (Å²) in [4.78, 5) is 82.1. The molecule has 15 heteroatoms. The van der Waals surface area contributed by atoms with Crippen molar-refractivity contribution in [2.75, 3.05) is 6.54 Å². The number of pyridine rings is 1. The first-order chi connectivity index (χ1) is 24.0. The number of oxazole rings is 2. The van der Waals surface area contributed by atoms with Gasteiger partial charge in [-0.3, -0.25) is 29.0 Å². The van der Waals surface area contributed by atoms with E-state index >= 15 is 0 Å². The number of aromatic nitrogens is 3. The van der Waals surface area contributed by atoms with Gasteiger partial charge in [0.15, 0.2) is 11.4 Å². The molecule has 5 heterocycles. The number of fused-ring (bicyclic) bond motifs is 5. The summed E-state index contributed by atoms with van der Waals surface area (Å²) in [6, 6.07) is 8.40. The van der Waals surface area contributed by atoms with Gasteiger partial charge in [0, 0.05) is 31.4 Å². The van der Waals surface area contributed by atoms with Crippen LogP contribution in [0.5, 0.6) is 0 Å². The molecule has 6 rings (SSSR count). The summed E-state index contributed by atoms with van der Waals surface area (Å²) in [5, 5.41) is 11.4. The quantitative estimate of drug-likeness (QED) is 0.234. The maximum Gasteiger partial charge on any atom is 0.276 e. The highest BCUT2D eigenvalue weighted by atomic mass is 16.3. The fraction of sp³-hybridized carbons (Fsp3) is 0.371. The highest BCUT2D eigenvalue weighted by Crippen LogP contribution is 2.26. The van der Waals surface area contributed by atoms with E-state index in [4.69, 9.17) is 8.83 Å². The van der Waals surface area contributed by atoms with Crippen molar-refractivity contribution in [1.82, 2.24) is 41.1 Å². The van der Waals surface area contributed by atoms with Gasteiger partial charge >= 0.3 is 0 Å². The first kappa shape index (κ1) is 34.0. The Morgan fingerprint density at radius 1 is 0.920 bits per heavy atom. The standard InChI is InChI=1S/C35H38N8O7/c1-19(2)12-24-30(45)37-20(3)33-42-27(18-49-33)35(48)43-16-23(38-29(44)22-10-7-11-36-15-22)14-28(43)32(47)40-25(13-21-8-5-4-6-9-21)34-41-26(17-50-34)31(46)39-24/h4-11,15,17-20,23-25,28H,12-14,16H2,1-3H3,(H,37,45)(H,38,44)(H,39,46)(H,40,47)/t20-,23+,24-,25+,28+/m1/s1. The largest absolute Gasteiger partial charge is 0.446 e. The van der Waals surface area contributed by atoms with Crippen molar-refractivity contribution in [3.63, 3.8) is 0 Å². The van der Waals surface area contributed by atoms with Crippen molar-refractivity contribution in [2.24, 2.45) is 5.92 Å². The number of nitrogens with one attached hydrogen (secondary N) is 4. The van der Waals surface area contributed by atoms with Crippen LogP contribution in [0.25, 0.3) is 0 Å². The smallest absolute Gasteiger partial charge is 0.276 e. The third kappa shape index (κ3) is 7.72. The van der Waals surface area contributed by atoms with Crippen molar-refractivity contribution in [3.8, 4) is 0 Å². The van der Waals surface area contributed by atoms with Gasteiger partial charge in [-0.05, 0) is 43.4 Å². The van der Waals surface area contributed by atoms with Crippen LogP contribution in [-0.4, -0.2) is 74.1 Å². The maximum absolute atomic E-state index is 14.1. The van der Waals surface area contributed by atoms with Gasteiger partial charge in [-0.1, -0.05) is 44.2 Å². The molecule has 1 aromatic carbocycles. The topological polar surface area (TPSA) is 202 Å². The first-order valence-electron chi connectivity index (χ1n) is 16.4. The summed E-state index contributed by atoms with van der Waals surface area (Å²) in [5.74, 6) is -2.46. The molecule has 260 valence electrons. The molecule has 0 unspecified atom stereocenters. The van der Waals surface area contributed by atoms with Crippen LogP contribution in [0, 0.1) is 5.92 Å². The molecule has 0 aliphatic carbocycles. The van der Waals surface area contributed by atoms with Crippen LogP contribution in [0.1, 0.15) is 94.4 Å². The Labute approximate surface area is 287 Å². The lowest BCUT2D eigenvalue weighted by molar-refractivity contribution is -0.126. The Hall–Kier alpha value is -5.86. The molecule has 15 nitrogen and oxygen atoms in total. The molecule has 0 spiro atoms. The molecular formula is C35H38N8O7. The SMILES string of the molecule is CC(C)C[C@H]1NC(=O)c2coc(n2)[C@H](Cc2ccccc2)NC(=O)[C@@H]2C[C@H](NC(=O)c3cccnc3)CN2C(=O)c2coc(n2)[C@@H](C)NC1=O. The Balaban J connectivity index is 1.36. The van der Waals surface area contributed by atoms with E-state index in [2.05, 4.69) is 36.2 Å². The number of hydrogen-bond donors (Lipinski definition) is 4. The number of amides is 5. The van der Waals surface area contributed by atoms with Crippen molar-refractivity contribution < 1.29 is 32.8 Å². The van der Waals surface area contributed by atoms with E-state index in [0.29, 0.717) is 12.0 Å². The van der Waals surface area contributed by atoms with Gasteiger partial charge in [0.2, 0.25) is 23.6 Å². The third-order valence-corrected chi connectivity index (χ3v) is 8.57. The number of hydrogen-bond acceptors (Lipinski definition) is 10. The number of benzene rings is 1. The maximum atomic E-state index is 14.1. The van der Waals surface area contributed by atoms with Crippen LogP contribution in [-0.2, 0) is 16.0 Å². The summed E-state index contributed by atoms with van der Waals surface area (Å²) in [5.41, 5.74) is 1.03. The van der Waals surface area contributed by atoms with E-state index in [1.54, 1.807) is 25.3 Å². The molecule has 4 aromatic rings. The predicted molar refractivity (Wildman–Crippen MR) is 176 cm³/mol. The van der Waals surface area contributed by atoms with E-state index in [1.807, 2.05) is 44.2 Å². The molecule has 5 amide bonds. The molecule has 2 aliphatic rings. The summed E-state index contributed by atoms with van der Waals surface area (Å²) in [6.45, 7) is 5.48. The molecule has 1 saturated heterocycles. The van der Waals surface area contributed by atoms with Crippen molar-refractivity contribution in [1.29, 1.82) is 0 Å². The summed E-state index contributed by atoms with van der Waals surface area (Å²) >= 11 is 0. The van der Waals surface area contributed by atoms with Crippen LogP contribution in [0.3, 0.4) is 0 Å². The highest BCUT2D eigenvalue weighted by molar-refractivity contribution is 5.98. The van der Waals surface area contributed by atoms with Gasteiger partial charge < -0.3 is 35.0 Å². The van der Waals surface area contributed by atoms with Crippen LogP contribution in [0.15, 0.2) is 76.2 Å². The second kappa shape index (κ2) is 14.7. The fourth-order valence-corrected chi connectivity index (χ4v) is 6.09. The van der Waals surface area contributed by atoms with Gasteiger partial charge in [-0.2, -0.15) is 0 Å². The van der Waals surface area contributed by atoms with Gasteiger partial charge in [0.05, 0.1) is 5.56 Å². The highest BCUT2D eigenvalue weighted by Gasteiger charge is 2.42. The molecule has 4 bridgehead atoms. The number of nitrogens with zero attached hydrogens (tertiary/aromatic N) is 4. The van der Waals surface area contributed by atoms with E-state index in [1.165, 1.54) is 23.6 Å². The Kier molecular flexibility index (Phi) is 10.0. The molecule has 3 aromatic heterocycles. The fourth-order valence-electron chi connectivity index (χ4n) is 6.09. The first-order valence-corrected chi connectivity index (χ1v) is 16.4. The third-order valence-electron chi connectivity index (χ3n) is 8.57. The normalized spacial score (nSPS) is 23.0. The zero-order valence-electron chi connectivity index (χ0n) is 27.8. The molecule has 1 fully saturated rings. The molecule has 0 radical (unpaired) electrons. The average molecular weight is 683 g/mol. The Bertz CT molecular complexity index is 1860. The second-order valence-corrected chi connectivity index (χ2v) is 12.9. The molecule has 0 saturated carbocycles. The summed E-state index contributed by atoms with van der Waals surface area (Å²) in [6.07, 6.45) is 5.99. The molecule has 5 atom stereocenters. The average Bonchev–Trinajstić information content (AvgIpc) is 3.88. The van der Waals surface area contributed by atoms with Gasteiger partial charge in [-0.25, -0.2) is 9.97 Å². The number of carbonyl (C=O) groups is 5. The van der Waals surface area contributed by atoms with E-state index < -0.39 is 59.7 Å². The Morgan fingerprint density at radius 3 is 2.40 bits per heavy atom. The lowest BCUT2D eigenvalue weighted by atomic mass is 10.0. The summed E-state index contributed by atoms with van der Waals surface area (Å²) in [7, 11) is 0. The van der Waals surface area contributed by atoms with Crippen molar-refractivity contribution in [3.05, 3.63) is 102 Å². The van der Waals surface area contributed by atoms with Crippen molar-refractivity contribution >= 4 is 29.5 Å². The van der Waals surface area contributed by atoms with Gasteiger partial charge in [-0.15, -0.1) is 0 Å².